The van der Waals surface area contributed by atoms with Gasteiger partial charge in [-0.1, -0.05) is 23.9 Å². The highest BCUT2D eigenvalue weighted by Gasteiger charge is 2.17. The van der Waals surface area contributed by atoms with E-state index in [0.717, 1.165) is 11.8 Å². The van der Waals surface area contributed by atoms with Crippen LogP contribution < -0.4 is 10.5 Å². The fraction of sp³-hybridized carbons (Fsp3) is 0.0909. The van der Waals surface area contributed by atoms with Gasteiger partial charge in [0.25, 0.3) is 5.69 Å². The van der Waals surface area contributed by atoms with E-state index in [0.29, 0.717) is 15.7 Å². The molecule has 19 heavy (non-hydrogen) atoms. The first kappa shape index (κ1) is 13.1. The van der Waals surface area contributed by atoms with Crippen molar-refractivity contribution in [3.63, 3.8) is 0 Å². The van der Waals surface area contributed by atoms with Gasteiger partial charge >= 0.3 is 0 Å². The summed E-state index contributed by atoms with van der Waals surface area (Å²) in [5, 5.41) is 11.4. The number of hydrogen-bond donors (Lipinski definition) is 1. The van der Waals surface area contributed by atoms with Gasteiger partial charge in [0.15, 0.2) is 11.6 Å². The topological polar surface area (TPSA) is 104 Å². The number of benzene rings is 1. The number of rotatable bonds is 4. The van der Waals surface area contributed by atoms with Gasteiger partial charge < -0.3 is 10.5 Å². The number of ether oxygens (including phenoxy) is 1. The molecule has 0 amide bonds. The molecule has 1 aromatic carbocycles. The third kappa shape index (κ3) is 2.74. The minimum Gasteiger partial charge on any atom is -0.490 e. The molecule has 0 radical (unpaired) electrons. The fourth-order valence-corrected chi connectivity index (χ4v) is 2.42. The smallest absolute Gasteiger partial charge is 0.283 e. The maximum Gasteiger partial charge on any atom is 0.283 e. The lowest BCUT2D eigenvalue weighted by atomic mass is 10.3. The second-order valence-corrected chi connectivity index (χ2v) is 4.45. The first-order chi connectivity index (χ1) is 9.13. The molecule has 0 aliphatic carbocycles. The third-order valence-electron chi connectivity index (χ3n) is 2.27. The third-order valence-corrected chi connectivity index (χ3v) is 3.32. The average molecular weight is 278 g/mol. The van der Waals surface area contributed by atoms with Gasteiger partial charge in [-0.15, -0.1) is 0 Å². The Morgan fingerprint density at radius 2 is 2.11 bits per heavy atom. The second-order valence-electron chi connectivity index (χ2n) is 3.42. The number of nitrogens with two attached hydrogens (primary N) is 1. The summed E-state index contributed by atoms with van der Waals surface area (Å²) in [6, 6.07) is 6.39. The molecule has 98 valence electrons. The van der Waals surface area contributed by atoms with Crippen molar-refractivity contribution in [3.05, 3.63) is 40.7 Å². The number of nitrogens with zero attached hydrogens (tertiary/aromatic N) is 3. The molecule has 0 aliphatic heterocycles. The van der Waals surface area contributed by atoms with Crippen molar-refractivity contribution >= 4 is 23.3 Å². The largest absolute Gasteiger partial charge is 0.490 e. The van der Waals surface area contributed by atoms with Crippen LogP contribution in [0.4, 0.5) is 11.5 Å². The number of para-hydroxylation sites is 1. The van der Waals surface area contributed by atoms with Crippen molar-refractivity contribution in [1.29, 1.82) is 0 Å². The Labute approximate surface area is 113 Å². The summed E-state index contributed by atoms with van der Waals surface area (Å²) in [7, 11) is 1.44. The Balaban J connectivity index is 2.42. The van der Waals surface area contributed by atoms with E-state index < -0.39 is 4.92 Å². The highest BCUT2D eigenvalue weighted by atomic mass is 32.2. The van der Waals surface area contributed by atoms with E-state index in [9.17, 15) is 10.1 Å². The van der Waals surface area contributed by atoms with Gasteiger partial charge in [-0.3, -0.25) is 10.1 Å². The van der Waals surface area contributed by atoms with Crippen LogP contribution >= 0.6 is 11.8 Å². The minimum atomic E-state index is -0.445. The van der Waals surface area contributed by atoms with Gasteiger partial charge in [0.2, 0.25) is 0 Å². The number of nitro groups is 1. The van der Waals surface area contributed by atoms with Crippen LogP contribution in [0.1, 0.15) is 0 Å². The summed E-state index contributed by atoms with van der Waals surface area (Å²) in [4.78, 5) is 18.8. The maximum absolute atomic E-state index is 10.9. The van der Waals surface area contributed by atoms with Crippen molar-refractivity contribution in [2.24, 2.45) is 0 Å². The van der Waals surface area contributed by atoms with Crippen molar-refractivity contribution in [3.8, 4) is 5.75 Å². The molecule has 2 N–H and O–H groups in total. The normalized spacial score (nSPS) is 10.2. The lowest BCUT2D eigenvalue weighted by Gasteiger charge is -2.08. The second kappa shape index (κ2) is 5.53. The van der Waals surface area contributed by atoms with Gasteiger partial charge in [0.05, 0.1) is 16.9 Å². The van der Waals surface area contributed by atoms with Crippen LogP contribution in [0, 0.1) is 10.1 Å². The molecule has 0 saturated heterocycles. The lowest BCUT2D eigenvalue weighted by Crippen LogP contribution is -1.99. The molecule has 7 nitrogen and oxygen atoms in total. The maximum atomic E-state index is 10.9. The number of nitro benzene ring substituents is 1. The number of aromatic nitrogens is 2. The van der Waals surface area contributed by atoms with Crippen LogP contribution in [-0.2, 0) is 0 Å². The summed E-state index contributed by atoms with van der Waals surface area (Å²) in [6.07, 6.45) is 1.29. The molecule has 0 bridgehead atoms. The number of methoxy groups -OCH3 is 1. The van der Waals surface area contributed by atoms with E-state index in [2.05, 4.69) is 9.97 Å². The van der Waals surface area contributed by atoms with E-state index in [-0.39, 0.29) is 11.5 Å². The van der Waals surface area contributed by atoms with Crippen LogP contribution in [-0.4, -0.2) is 22.0 Å². The van der Waals surface area contributed by atoms with Crippen molar-refractivity contribution in [2.45, 2.75) is 9.92 Å². The Kier molecular flexibility index (Phi) is 3.81. The van der Waals surface area contributed by atoms with Crippen molar-refractivity contribution in [2.75, 3.05) is 12.8 Å². The first-order valence-electron chi connectivity index (χ1n) is 5.19. The van der Waals surface area contributed by atoms with Gasteiger partial charge in [0.1, 0.15) is 11.4 Å². The molecule has 0 atom stereocenters. The zero-order chi connectivity index (χ0) is 13.8. The van der Waals surface area contributed by atoms with Crippen LogP contribution in [0.2, 0.25) is 0 Å². The molecule has 8 heteroatoms. The first-order valence-corrected chi connectivity index (χ1v) is 6.01. The van der Waals surface area contributed by atoms with Crippen LogP contribution in [0.15, 0.2) is 40.5 Å². The number of hydrogen-bond acceptors (Lipinski definition) is 7. The predicted molar refractivity (Wildman–Crippen MR) is 70.2 cm³/mol. The van der Waals surface area contributed by atoms with Crippen LogP contribution in [0.3, 0.4) is 0 Å². The Bertz CT molecular complexity index is 621. The minimum absolute atomic E-state index is 0.00624. The quantitative estimate of drug-likeness (QED) is 0.519. The summed E-state index contributed by atoms with van der Waals surface area (Å²) in [6.45, 7) is 0. The van der Waals surface area contributed by atoms with E-state index in [1.807, 2.05) is 0 Å². The summed E-state index contributed by atoms with van der Waals surface area (Å²) < 4.78 is 5.11. The van der Waals surface area contributed by atoms with E-state index >= 15 is 0 Å². The summed E-state index contributed by atoms with van der Waals surface area (Å²) in [5.74, 6) is 0.504. The Hall–Kier alpha value is -2.35. The zero-order valence-corrected chi connectivity index (χ0v) is 10.8. The lowest BCUT2D eigenvalue weighted by molar-refractivity contribution is -0.387. The number of nitrogen functional groups attached to an aromatic ring is 1. The fourth-order valence-electron chi connectivity index (χ4n) is 1.43. The Morgan fingerprint density at radius 1 is 1.37 bits per heavy atom. The molecule has 0 unspecified atom stereocenters. The van der Waals surface area contributed by atoms with Gasteiger partial charge in [0, 0.05) is 6.07 Å². The molecule has 1 heterocycles. The standard InChI is InChI=1S/C11H10N4O3S/c1-18-9-10(12)13-6-14-11(9)19-8-5-3-2-4-7(8)15(16)17/h2-6H,1H3,(H2,12,13,14). The molecule has 0 spiro atoms. The van der Waals surface area contributed by atoms with Crippen LogP contribution in [0.25, 0.3) is 0 Å². The molecule has 0 saturated carbocycles. The monoisotopic (exact) mass is 278 g/mol. The van der Waals surface area contributed by atoms with E-state index in [1.54, 1.807) is 18.2 Å². The highest BCUT2D eigenvalue weighted by molar-refractivity contribution is 7.99. The Morgan fingerprint density at radius 3 is 2.79 bits per heavy atom. The molecule has 0 fully saturated rings. The highest BCUT2D eigenvalue weighted by Crippen LogP contribution is 2.39. The number of anilines is 1. The van der Waals surface area contributed by atoms with E-state index in [4.69, 9.17) is 10.5 Å². The molecular formula is C11H10N4O3S. The molecular weight excluding hydrogens is 268 g/mol. The molecule has 2 aromatic rings. The molecule has 0 aliphatic rings. The van der Waals surface area contributed by atoms with Crippen molar-refractivity contribution < 1.29 is 9.66 Å². The molecule has 1 aromatic heterocycles. The predicted octanol–water partition coefficient (Wildman–Crippen LogP) is 2.13. The van der Waals surface area contributed by atoms with Gasteiger partial charge in [-0.05, 0) is 6.07 Å². The van der Waals surface area contributed by atoms with Gasteiger partial charge in [-0.2, -0.15) is 0 Å². The zero-order valence-electron chi connectivity index (χ0n) is 9.94. The average Bonchev–Trinajstić information content (AvgIpc) is 2.39. The summed E-state index contributed by atoms with van der Waals surface area (Å²) in [5.41, 5.74) is 5.67. The SMILES string of the molecule is COc1c(N)ncnc1Sc1ccccc1[N+](=O)[O-]. The van der Waals surface area contributed by atoms with Crippen molar-refractivity contribution in [1.82, 2.24) is 9.97 Å². The van der Waals surface area contributed by atoms with Gasteiger partial charge in [-0.25, -0.2) is 9.97 Å². The van der Waals surface area contributed by atoms with Crippen LogP contribution in [0.5, 0.6) is 5.75 Å². The summed E-state index contributed by atoms with van der Waals surface area (Å²) >= 11 is 1.11. The molecule has 2 rings (SSSR count). The van der Waals surface area contributed by atoms with E-state index in [1.165, 1.54) is 19.5 Å².